The van der Waals surface area contributed by atoms with Crippen molar-refractivity contribution in [3.63, 3.8) is 0 Å². The molecule has 0 bridgehead atoms. The lowest BCUT2D eigenvalue weighted by molar-refractivity contribution is 0.673. The molecule has 0 spiro atoms. The van der Waals surface area contributed by atoms with Crippen LogP contribution in [0.1, 0.15) is 0 Å². The summed E-state index contributed by atoms with van der Waals surface area (Å²) >= 11 is 0. The van der Waals surface area contributed by atoms with Gasteiger partial charge in [0.2, 0.25) is 0 Å². The molecule has 0 unspecified atom stereocenters. The van der Waals surface area contributed by atoms with E-state index in [1.54, 1.807) is 0 Å². The first-order valence-corrected chi connectivity index (χ1v) is 18.5. The van der Waals surface area contributed by atoms with Gasteiger partial charge in [-0.25, -0.2) is 0 Å². The maximum Gasteiger partial charge on any atom is 0.143 e. The Bertz CT molecular complexity index is 3230. The third-order valence-corrected chi connectivity index (χ3v) is 11.0. The van der Waals surface area contributed by atoms with E-state index in [0.717, 1.165) is 55.5 Å². The summed E-state index contributed by atoms with van der Waals surface area (Å²) in [5.74, 6) is 0. The Morgan fingerprint density at radius 2 is 0.963 bits per heavy atom. The van der Waals surface area contributed by atoms with Gasteiger partial charge < -0.3 is 9.32 Å². The van der Waals surface area contributed by atoms with E-state index in [2.05, 4.69) is 205 Å². The highest BCUT2D eigenvalue weighted by Gasteiger charge is 2.18. The van der Waals surface area contributed by atoms with Gasteiger partial charge >= 0.3 is 0 Å². The van der Waals surface area contributed by atoms with Crippen molar-refractivity contribution in [1.82, 2.24) is 0 Å². The molecule has 0 fully saturated rings. The minimum absolute atomic E-state index is 0.896. The molecule has 11 rings (SSSR count). The smallest absolute Gasteiger partial charge is 0.143 e. The molecule has 0 saturated carbocycles. The van der Waals surface area contributed by atoms with Gasteiger partial charge in [-0.1, -0.05) is 146 Å². The predicted octanol–water partition coefficient (Wildman–Crippen LogP) is 15.0. The Morgan fingerprint density at radius 1 is 0.315 bits per heavy atom. The van der Waals surface area contributed by atoms with Crippen LogP contribution in [0.25, 0.3) is 87.3 Å². The molecule has 0 atom stereocenters. The number of anilines is 3. The van der Waals surface area contributed by atoms with Crippen molar-refractivity contribution < 1.29 is 4.42 Å². The molecule has 2 heteroatoms. The largest absolute Gasteiger partial charge is 0.455 e. The standard InChI is InChI=1S/C52H33NO/c1-2-13-37-31-42(29-23-34(37)11-1)53(40-27-24-36(25-28-40)49-33-39-14-4-5-17-43(39)46-19-7-8-20-47(46)49)41-16-9-15-38(32-41)44-21-10-22-50-51(44)48-30-26-35-12-3-6-18-45(35)52(48)54-50/h1-33H. The summed E-state index contributed by atoms with van der Waals surface area (Å²) in [6, 6.07) is 72.3. The van der Waals surface area contributed by atoms with E-state index in [1.165, 1.54) is 48.8 Å². The predicted molar refractivity (Wildman–Crippen MR) is 229 cm³/mol. The van der Waals surface area contributed by atoms with Crippen LogP contribution in [0, 0.1) is 0 Å². The number of fused-ring (bicyclic) bond motifs is 9. The van der Waals surface area contributed by atoms with Gasteiger partial charge in [-0.05, 0) is 115 Å². The second kappa shape index (κ2) is 12.2. The van der Waals surface area contributed by atoms with Gasteiger partial charge in [-0.2, -0.15) is 0 Å². The van der Waals surface area contributed by atoms with Gasteiger partial charge in [0, 0.05) is 33.2 Å². The maximum atomic E-state index is 6.57. The van der Waals surface area contributed by atoms with E-state index >= 15 is 0 Å². The lowest BCUT2D eigenvalue weighted by Crippen LogP contribution is -2.10. The summed E-state index contributed by atoms with van der Waals surface area (Å²) in [7, 11) is 0. The van der Waals surface area contributed by atoms with Crippen molar-refractivity contribution >= 4 is 82.1 Å². The number of hydrogen-bond donors (Lipinski definition) is 0. The monoisotopic (exact) mass is 687 g/mol. The van der Waals surface area contributed by atoms with Crippen molar-refractivity contribution in [2.24, 2.45) is 0 Å². The summed E-state index contributed by atoms with van der Waals surface area (Å²) in [6.45, 7) is 0. The van der Waals surface area contributed by atoms with Crippen molar-refractivity contribution in [2.75, 3.05) is 4.90 Å². The van der Waals surface area contributed by atoms with Crippen LogP contribution in [-0.4, -0.2) is 0 Å². The number of nitrogens with zero attached hydrogens (tertiary/aromatic N) is 1. The molecule has 0 aliphatic carbocycles. The lowest BCUT2D eigenvalue weighted by atomic mass is 9.93. The summed E-state index contributed by atoms with van der Waals surface area (Å²) < 4.78 is 6.57. The van der Waals surface area contributed by atoms with Crippen molar-refractivity contribution in [2.45, 2.75) is 0 Å². The van der Waals surface area contributed by atoms with Crippen LogP contribution >= 0.6 is 0 Å². The molecule has 2 nitrogen and oxygen atoms in total. The third kappa shape index (κ3) is 4.88. The highest BCUT2D eigenvalue weighted by molar-refractivity contribution is 6.19. The summed E-state index contributed by atoms with van der Waals surface area (Å²) in [5.41, 5.74) is 9.84. The van der Waals surface area contributed by atoms with Crippen LogP contribution < -0.4 is 4.90 Å². The number of rotatable bonds is 5. The molecule has 0 saturated heterocycles. The molecule has 54 heavy (non-hydrogen) atoms. The topological polar surface area (TPSA) is 16.4 Å². The minimum atomic E-state index is 0.896. The molecule has 252 valence electrons. The van der Waals surface area contributed by atoms with Gasteiger partial charge in [-0.15, -0.1) is 0 Å². The number of furan rings is 1. The molecule has 0 N–H and O–H groups in total. The highest BCUT2D eigenvalue weighted by Crippen LogP contribution is 2.43. The molecule has 0 amide bonds. The van der Waals surface area contributed by atoms with E-state index in [9.17, 15) is 0 Å². The Balaban J connectivity index is 1.07. The third-order valence-electron chi connectivity index (χ3n) is 11.0. The van der Waals surface area contributed by atoms with Crippen LogP contribution in [0.4, 0.5) is 17.1 Å². The van der Waals surface area contributed by atoms with Gasteiger partial charge in [0.15, 0.2) is 0 Å². The van der Waals surface area contributed by atoms with Crippen molar-refractivity contribution in [1.29, 1.82) is 0 Å². The van der Waals surface area contributed by atoms with Crippen molar-refractivity contribution in [3.8, 4) is 22.3 Å². The lowest BCUT2D eigenvalue weighted by Gasteiger charge is -2.27. The van der Waals surface area contributed by atoms with Gasteiger partial charge in [0.1, 0.15) is 11.2 Å². The zero-order valence-electron chi connectivity index (χ0n) is 29.4. The number of benzene rings is 10. The first-order valence-electron chi connectivity index (χ1n) is 18.5. The Labute approximate surface area is 312 Å². The fourth-order valence-electron chi connectivity index (χ4n) is 8.45. The van der Waals surface area contributed by atoms with E-state index < -0.39 is 0 Å². The zero-order chi connectivity index (χ0) is 35.6. The molecule has 1 heterocycles. The summed E-state index contributed by atoms with van der Waals surface area (Å²) in [4.78, 5) is 2.37. The Morgan fingerprint density at radius 3 is 1.81 bits per heavy atom. The van der Waals surface area contributed by atoms with Crippen LogP contribution in [0.15, 0.2) is 205 Å². The maximum absolute atomic E-state index is 6.57. The fraction of sp³-hybridized carbons (Fsp3) is 0. The normalized spacial score (nSPS) is 11.7. The van der Waals surface area contributed by atoms with Gasteiger partial charge in [0.05, 0.1) is 0 Å². The first-order chi connectivity index (χ1) is 26.8. The SMILES string of the molecule is c1cc(-c2cccc3oc4c5ccccc5ccc4c23)cc(N(c2ccc(-c3cc4ccccc4c4ccccc34)cc2)c2ccc3ccccc3c2)c1. The summed E-state index contributed by atoms with van der Waals surface area (Å²) in [5, 5.41) is 12.1. The molecule has 11 aromatic rings. The Kier molecular flexibility index (Phi) is 6.90. The van der Waals surface area contributed by atoms with Crippen molar-refractivity contribution in [3.05, 3.63) is 200 Å². The van der Waals surface area contributed by atoms with Crippen LogP contribution in [-0.2, 0) is 0 Å². The average Bonchev–Trinajstić information content (AvgIpc) is 3.64. The van der Waals surface area contributed by atoms with Gasteiger partial charge in [-0.3, -0.25) is 0 Å². The molecule has 0 aliphatic heterocycles. The summed E-state index contributed by atoms with van der Waals surface area (Å²) in [6.07, 6.45) is 0. The fourth-order valence-corrected chi connectivity index (χ4v) is 8.45. The zero-order valence-corrected chi connectivity index (χ0v) is 29.4. The van der Waals surface area contributed by atoms with Gasteiger partial charge in [0.25, 0.3) is 0 Å². The van der Waals surface area contributed by atoms with E-state index in [-0.39, 0.29) is 0 Å². The second-order valence-electron chi connectivity index (χ2n) is 14.1. The van der Waals surface area contributed by atoms with E-state index in [0.29, 0.717) is 0 Å². The molecule has 1 aromatic heterocycles. The molecule has 0 radical (unpaired) electrons. The molecule has 10 aromatic carbocycles. The first kappa shape index (κ1) is 30.5. The van der Waals surface area contributed by atoms with E-state index in [4.69, 9.17) is 4.42 Å². The number of hydrogen-bond acceptors (Lipinski definition) is 2. The quantitative estimate of drug-likeness (QED) is 0.168. The highest BCUT2D eigenvalue weighted by atomic mass is 16.3. The second-order valence-corrected chi connectivity index (χ2v) is 14.1. The molecule has 0 aliphatic rings. The molecular weight excluding hydrogens is 655 g/mol. The molecular formula is C52H33NO. The van der Waals surface area contributed by atoms with Crippen LogP contribution in [0.5, 0.6) is 0 Å². The van der Waals surface area contributed by atoms with Crippen LogP contribution in [0.3, 0.4) is 0 Å². The van der Waals surface area contributed by atoms with Crippen LogP contribution in [0.2, 0.25) is 0 Å². The minimum Gasteiger partial charge on any atom is -0.455 e. The Hall–Kier alpha value is -7.16. The van der Waals surface area contributed by atoms with E-state index in [1.807, 2.05) is 0 Å². The average molecular weight is 688 g/mol.